The highest BCUT2D eigenvalue weighted by Gasteiger charge is 2.44. The third-order valence-electron chi connectivity index (χ3n) is 10.9. The molecule has 1 amide bonds. The Bertz CT molecular complexity index is 1080. The lowest BCUT2D eigenvalue weighted by Crippen LogP contribution is -2.59. The predicted octanol–water partition coefficient (Wildman–Crippen LogP) is 5.34. The summed E-state index contributed by atoms with van der Waals surface area (Å²) in [7, 11) is 2.30. The summed E-state index contributed by atoms with van der Waals surface area (Å²) in [5.41, 5.74) is 1.37. The number of aromatic nitrogens is 3. The largest absolute Gasteiger partial charge is 0.341 e. The Morgan fingerprint density at radius 3 is 2.38 bits per heavy atom. The van der Waals surface area contributed by atoms with Crippen molar-refractivity contribution in [3.8, 4) is 0 Å². The smallest absolute Gasteiger partial charge is 0.240 e. The zero-order valence-corrected chi connectivity index (χ0v) is 24.9. The summed E-state index contributed by atoms with van der Waals surface area (Å²) in [6.07, 6.45) is 19.1. The summed E-state index contributed by atoms with van der Waals surface area (Å²) in [6.45, 7) is 2.59. The van der Waals surface area contributed by atoms with Crippen LogP contribution in [-0.2, 0) is 17.8 Å². The van der Waals surface area contributed by atoms with Crippen LogP contribution in [0.15, 0.2) is 36.9 Å². The molecule has 218 valence electrons. The van der Waals surface area contributed by atoms with E-state index in [4.69, 9.17) is 11.6 Å². The summed E-state index contributed by atoms with van der Waals surface area (Å²) in [5.74, 6) is 0.987. The molecule has 3 atom stereocenters. The predicted molar refractivity (Wildman–Crippen MR) is 159 cm³/mol. The maximum atomic E-state index is 14.3. The van der Waals surface area contributed by atoms with Crippen molar-refractivity contribution in [3.63, 3.8) is 0 Å². The Morgan fingerprint density at radius 2 is 1.73 bits per heavy atom. The Hall–Kier alpha value is -1.96. The maximum absolute atomic E-state index is 14.3. The molecule has 8 heteroatoms. The van der Waals surface area contributed by atoms with Gasteiger partial charge < -0.3 is 15.1 Å². The molecule has 40 heavy (non-hydrogen) atoms. The van der Waals surface area contributed by atoms with Crippen molar-refractivity contribution in [2.75, 3.05) is 20.1 Å². The highest BCUT2D eigenvalue weighted by molar-refractivity contribution is 6.30. The number of hydrogen-bond donors (Lipinski definition) is 1. The van der Waals surface area contributed by atoms with E-state index in [1.165, 1.54) is 56.9 Å². The van der Waals surface area contributed by atoms with Gasteiger partial charge in [0.2, 0.25) is 5.91 Å². The van der Waals surface area contributed by atoms with Crippen molar-refractivity contribution in [2.45, 2.75) is 114 Å². The standard InChI is InChI=1S/C32H47ClN6O/c1-37-28-8-5-9-29(37)20-27(19-28)36-30(18-24-10-12-26(33)13-11-24)31(40)38-16-14-32(15-17-38,21-39-23-34-22-35-39)25-6-3-2-4-7-25/h10-13,22-23,25,27-30,36H,2-9,14-21H2,1H3/t27?,28?,29?,30-/m1/s1. The number of nitrogens with one attached hydrogen (secondary N) is 1. The topological polar surface area (TPSA) is 66.3 Å². The minimum Gasteiger partial charge on any atom is -0.341 e. The second kappa shape index (κ2) is 12.5. The van der Waals surface area contributed by atoms with Crippen LogP contribution in [0.4, 0.5) is 0 Å². The fourth-order valence-corrected chi connectivity index (χ4v) is 8.68. The first-order valence-electron chi connectivity index (χ1n) is 15.8. The quantitative estimate of drug-likeness (QED) is 0.467. The van der Waals surface area contributed by atoms with E-state index in [1.807, 2.05) is 23.1 Å². The van der Waals surface area contributed by atoms with Gasteiger partial charge in [0.15, 0.2) is 0 Å². The maximum Gasteiger partial charge on any atom is 0.240 e. The number of likely N-dealkylation sites (tertiary alicyclic amines) is 1. The van der Waals surface area contributed by atoms with E-state index in [1.54, 1.807) is 6.33 Å². The van der Waals surface area contributed by atoms with Crippen LogP contribution in [0.2, 0.25) is 5.02 Å². The van der Waals surface area contributed by atoms with Crippen LogP contribution in [0.5, 0.6) is 0 Å². The van der Waals surface area contributed by atoms with Gasteiger partial charge in [-0.15, -0.1) is 0 Å². The van der Waals surface area contributed by atoms with E-state index in [-0.39, 0.29) is 17.4 Å². The van der Waals surface area contributed by atoms with Gasteiger partial charge in [0, 0.05) is 42.8 Å². The van der Waals surface area contributed by atoms with Gasteiger partial charge in [-0.2, -0.15) is 5.10 Å². The monoisotopic (exact) mass is 566 g/mol. The van der Waals surface area contributed by atoms with Gasteiger partial charge in [-0.3, -0.25) is 9.48 Å². The molecule has 2 bridgehead atoms. The van der Waals surface area contributed by atoms with Gasteiger partial charge in [0.25, 0.3) is 0 Å². The fourth-order valence-electron chi connectivity index (χ4n) is 8.55. The molecule has 3 aliphatic heterocycles. The molecule has 0 radical (unpaired) electrons. The van der Waals surface area contributed by atoms with E-state index in [0.29, 0.717) is 30.5 Å². The van der Waals surface area contributed by atoms with Gasteiger partial charge in [-0.05, 0) is 93.9 Å². The second-order valence-electron chi connectivity index (χ2n) is 13.2. The lowest BCUT2D eigenvalue weighted by molar-refractivity contribution is -0.137. The van der Waals surface area contributed by atoms with E-state index < -0.39 is 0 Å². The van der Waals surface area contributed by atoms with Crippen molar-refractivity contribution in [1.82, 2.24) is 29.9 Å². The second-order valence-corrected chi connectivity index (χ2v) is 13.7. The van der Waals surface area contributed by atoms with Crippen LogP contribution in [0.25, 0.3) is 0 Å². The van der Waals surface area contributed by atoms with Crippen LogP contribution in [0.1, 0.15) is 82.6 Å². The Labute approximate surface area is 245 Å². The van der Waals surface area contributed by atoms with Gasteiger partial charge >= 0.3 is 0 Å². The van der Waals surface area contributed by atoms with Crippen molar-refractivity contribution >= 4 is 17.5 Å². The van der Waals surface area contributed by atoms with Gasteiger partial charge in [0.05, 0.1) is 6.04 Å². The number of rotatable bonds is 8. The van der Waals surface area contributed by atoms with Crippen LogP contribution in [0.3, 0.4) is 0 Å². The number of piperidine rings is 3. The summed E-state index contributed by atoms with van der Waals surface area (Å²) in [4.78, 5) is 23.3. The van der Waals surface area contributed by atoms with Crippen LogP contribution < -0.4 is 5.32 Å². The third-order valence-corrected chi connectivity index (χ3v) is 11.2. The number of amides is 1. The molecule has 2 aromatic rings. The number of carbonyl (C=O) groups excluding carboxylic acids is 1. The fraction of sp³-hybridized carbons (Fsp3) is 0.719. The number of fused-ring (bicyclic) bond motifs is 2. The van der Waals surface area contributed by atoms with Crippen LogP contribution in [0, 0.1) is 11.3 Å². The molecule has 4 aliphatic rings. The molecule has 2 unspecified atom stereocenters. The summed E-state index contributed by atoms with van der Waals surface area (Å²) < 4.78 is 2.04. The molecule has 4 heterocycles. The number of benzene rings is 1. The lowest BCUT2D eigenvalue weighted by atomic mass is 9.63. The van der Waals surface area contributed by atoms with Crippen LogP contribution in [-0.4, -0.2) is 74.8 Å². The number of carbonyl (C=O) groups is 1. The van der Waals surface area contributed by atoms with Gasteiger partial charge in [0.1, 0.15) is 12.7 Å². The molecule has 7 nitrogen and oxygen atoms in total. The zero-order chi connectivity index (χ0) is 27.5. The minimum atomic E-state index is -0.201. The molecule has 0 spiro atoms. The average molecular weight is 567 g/mol. The first-order chi connectivity index (χ1) is 19.5. The molecule has 1 saturated carbocycles. The van der Waals surface area contributed by atoms with E-state index >= 15 is 0 Å². The number of halogens is 1. The molecule has 3 saturated heterocycles. The minimum absolute atomic E-state index is 0.201. The highest BCUT2D eigenvalue weighted by atomic mass is 35.5. The normalized spacial score (nSPS) is 28.4. The molecule has 1 aromatic heterocycles. The first kappa shape index (κ1) is 28.2. The lowest BCUT2D eigenvalue weighted by Gasteiger charge is -2.49. The third kappa shape index (κ3) is 6.27. The summed E-state index contributed by atoms with van der Waals surface area (Å²) >= 11 is 6.19. The molecule has 1 aliphatic carbocycles. The van der Waals surface area contributed by atoms with Crippen molar-refractivity contribution in [2.24, 2.45) is 11.3 Å². The van der Waals surface area contributed by atoms with Crippen LogP contribution >= 0.6 is 11.6 Å². The average Bonchev–Trinajstić information content (AvgIpc) is 3.48. The SMILES string of the molecule is CN1C2CCCC1CC(N[C@H](Cc1ccc(Cl)cc1)C(=O)N1CCC(Cn3cncn3)(C3CCCCC3)CC1)C2. The molecular formula is C32H47ClN6O. The molecular weight excluding hydrogens is 520 g/mol. The Kier molecular flexibility index (Phi) is 8.80. The zero-order valence-electron chi connectivity index (χ0n) is 24.2. The highest BCUT2D eigenvalue weighted by Crippen LogP contribution is 2.47. The van der Waals surface area contributed by atoms with E-state index in [2.05, 4.69) is 44.4 Å². The van der Waals surface area contributed by atoms with E-state index in [0.717, 1.165) is 50.3 Å². The first-order valence-corrected chi connectivity index (χ1v) is 16.2. The molecule has 4 fully saturated rings. The molecule has 6 rings (SSSR count). The number of nitrogens with zero attached hydrogens (tertiary/aromatic N) is 5. The number of hydrogen-bond acceptors (Lipinski definition) is 5. The molecule has 1 N–H and O–H groups in total. The van der Waals surface area contributed by atoms with E-state index in [9.17, 15) is 4.79 Å². The molecule has 1 aromatic carbocycles. The Balaban J connectivity index is 1.17. The van der Waals surface area contributed by atoms with Crippen molar-refractivity contribution in [3.05, 3.63) is 47.5 Å². The van der Waals surface area contributed by atoms with Gasteiger partial charge in [-0.25, -0.2) is 4.98 Å². The van der Waals surface area contributed by atoms with Gasteiger partial charge in [-0.1, -0.05) is 49.4 Å². The van der Waals surface area contributed by atoms with Crippen molar-refractivity contribution < 1.29 is 4.79 Å². The summed E-state index contributed by atoms with van der Waals surface area (Å²) in [6, 6.07) is 9.52. The van der Waals surface area contributed by atoms with Crippen molar-refractivity contribution in [1.29, 1.82) is 0 Å². The Morgan fingerprint density at radius 1 is 1.02 bits per heavy atom. The summed E-state index contributed by atoms with van der Waals surface area (Å²) in [5, 5.41) is 9.14.